The minimum atomic E-state index is 0.613. The number of fused-ring (bicyclic) bond motifs is 1. The molecule has 2 heterocycles. The molecule has 98 valence electrons. The summed E-state index contributed by atoms with van der Waals surface area (Å²) in [7, 11) is 0. The molecule has 0 atom stereocenters. The first-order valence-corrected chi connectivity index (χ1v) is 7.11. The van der Waals surface area contributed by atoms with Crippen LogP contribution in [0.3, 0.4) is 0 Å². The van der Waals surface area contributed by atoms with Crippen LogP contribution in [-0.2, 0) is 13.0 Å². The predicted molar refractivity (Wildman–Crippen MR) is 77.0 cm³/mol. The number of aromatic nitrogens is 3. The summed E-state index contributed by atoms with van der Waals surface area (Å²) in [6.07, 6.45) is 3.93. The number of benzene rings is 1. The topological polar surface area (TPSA) is 43.9 Å². The zero-order chi connectivity index (χ0) is 13.2. The maximum atomic E-state index is 5.27. The second-order valence-electron chi connectivity index (χ2n) is 4.50. The molecule has 0 N–H and O–H groups in total. The molecule has 3 rings (SSSR count). The van der Waals surface area contributed by atoms with Gasteiger partial charge in [-0.2, -0.15) is 4.98 Å². The van der Waals surface area contributed by atoms with Gasteiger partial charge < -0.3 is 9.09 Å². The number of hydrogen-bond acceptors (Lipinski definition) is 3. The lowest BCUT2D eigenvalue weighted by atomic mass is 10.2. The lowest BCUT2D eigenvalue weighted by molar-refractivity contribution is 0.367. The summed E-state index contributed by atoms with van der Waals surface area (Å²) >= 11 is 3.48. The van der Waals surface area contributed by atoms with E-state index in [4.69, 9.17) is 4.52 Å². The van der Waals surface area contributed by atoms with Gasteiger partial charge in [-0.1, -0.05) is 28.0 Å². The van der Waals surface area contributed by atoms with Gasteiger partial charge in [0.25, 0.3) is 0 Å². The standard InChI is InChI=1S/C14H14BrN3O/c1-2-3-13-16-14(19-17-13)9-18-7-6-10-8-11(15)4-5-12(10)18/h4-8H,2-3,9H2,1H3. The molecule has 4 nitrogen and oxygen atoms in total. The van der Waals surface area contributed by atoms with Crippen molar-refractivity contribution in [1.82, 2.24) is 14.7 Å². The smallest absolute Gasteiger partial charge is 0.246 e. The highest BCUT2D eigenvalue weighted by Gasteiger charge is 2.08. The molecule has 0 fully saturated rings. The third kappa shape index (κ3) is 2.56. The Morgan fingerprint density at radius 1 is 1.32 bits per heavy atom. The number of rotatable bonds is 4. The summed E-state index contributed by atoms with van der Waals surface area (Å²) < 4.78 is 8.47. The maximum absolute atomic E-state index is 5.27. The average Bonchev–Trinajstić information content (AvgIpc) is 2.98. The molecule has 19 heavy (non-hydrogen) atoms. The van der Waals surface area contributed by atoms with Crippen LogP contribution in [0.25, 0.3) is 10.9 Å². The van der Waals surface area contributed by atoms with Gasteiger partial charge in [-0.25, -0.2) is 0 Å². The summed E-state index contributed by atoms with van der Waals surface area (Å²) in [4.78, 5) is 4.39. The van der Waals surface area contributed by atoms with Crippen LogP contribution in [-0.4, -0.2) is 14.7 Å². The van der Waals surface area contributed by atoms with E-state index in [1.807, 2.05) is 12.3 Å². The van der Waals surface area contributed by atoms with Gasteiger partial charge in [-0.05, 0) is 30.7 Å². The summed E-state index contributed by atoms with van der Waals surface area (Å²) in [6.45, 7) is 2.72. The molecule has 2 aromatic heterocycles. The molecule has 0 bridgehead atoms. The SMILES string of the molecule is CCCc1noc(Cn2ccc3cc(Br)ccc32)n1. The van der Waals surface area contributed by atoms with Crippen LogP contribution in [0.2, 0.25) is 0 Å². The van der Waals surface area contributed by atoms with Crippen LogP contribution in [0.15, 0.2) is 39.5 Å². The Kier molecular flexibility index (Phi) is 3.38. The van der Waals surface area contributed by atoms with E-state index in [2.05, 4.69) is 55.8 Å². The first kappa shape index (κ1) is 12.4. The van der Waals surface area contributed by atoms with Crippen molar-refractivity contribution in [2.45, 2.75) is 26.3 Å². The fourth-order valence-electron chi connectivity index (χ4n) is 2.13. The Labute approximate surface area is 119 Å². The van der Waals surface area contributed by atoms with Crippen LogP contribution in [0.1, 0.15) is 25.1 Å². The average molecular weight is 320 g/mol. The van der Waals surface area contributed by atoms with Crippen LogP contribution >= 0.6 is 15.9 Å². The highest BCUT2D eigenvalue weighted by Crippen LogP contribution is 2.21. The third-order valence-corrected chi connectivity index (χ3v) is 3.52. The molecule has 0 spiro atoms. The van der Waals surface area contributed by atoms with Gasteiger partial charge in [-0.3, -0.25) is 0 Å². The third-order valence-electron chi connectivity index (χ3n) is 3.02. The van der Waals surface area contributed by atoms with E-state index >= 15 is 0 Å². The molecule has 3 aromatic rings. The Balaban J connectivity index is 1.88. The first-order chi connectivity index (χ1) is 9.26. The molecule has 0 saturated carbocycles. The largest absolute Gasteiger partial charge is 0.338 e. The van der Waals surface area contributed by atoms with Crippen LogP contribution in [0.4, 0.5) is 0 Å². The van der Waals surface area contributed by atoms with Crippen molar-refractivity contribution in [3.8, 4) is 0 Å². The Morgan fingerprint density at radius 2 is 2.21 bits per heavy atom. The van der Waals surface area contributed by atoms with Gasteiger partial charge in [0.1, 0.15) is 6.54 Å². The molecular weight excluding hydrogens is 306 g/mol. The van der Waals surface area contributed by atoms with Crippen molar-refractivity contribution in [2.75, 3.05) is 0 Å². The molecule has 1 aromatic carbocycles. The number of aryl methyl sites for hydroxylation is 1. The van der Waals surface area contributed by atoms with Gasteiger partial charge in [0, 0.05) is 28.0 Å². The van der Waals surface area contributed by atoms with Crippen LogP contribution in [0.5, 0.6) is 0 Å². The molecule has 0 radical (unpaired) electrons. The summed E-state index contributed by atoms with van der Waals surface area (Å²) in [5.74, 6) is 1.44. The molecule has 0 saturated heterocycles. The van der Waals surface area contributed by atoms with Crippen LogP contribution < -0.4 is 0 Å². The van der Waals surface area contributed by atoms with Gasteiger partial charge in [0.05, 0.1) is 0 Å². The lowest BCUT2D eigenvalue weighted by Crippen LogP contribution is -1.98. The fraction of sp³-hybridized carbons (Fsp3) is 0.286. The quantitative estimate of drug-likeness (QED) is 0.735. The molecular formula is C14H14BrN3O. The van der Waals surface area contributed by atoms with Crippen LogP contribution in [0, 0.1) is 0 Å². The second kappa shape index (κ2) is 5.17. The van der Waals surface area contributed by atoms with Crippen molar-refractivity contribution in [1.29, 1.82) is 0 Å². The Morgan fingerprint density at radius 3 is 3.05 bits per heavy atom. The van der Waals surface area contributed by atoms with Crippen molar-refractivity contribution < 1.29 is 4.52 Å². The summed E-state index contributed by atoms with van der Waals surface area (Å²) in [6, 6.07) is 8.31. The lowest BCUT2D eigenvalue weighted by Gasteiger charge is -2.01. The van der Waals surface area contributed by atoms with Gasteiger partial charge in [0.15, 0.2) is 5.82 Å². The van der Waals surface area contributed by atoms with E-state index < -0.39 is 0 Å². The number of halogens is 1. The molecule has 0 unspecified atom stereocenters. The van der Waals surface area contributed by atoms with E-state index in [0.29, 0.717) is 12.4 Å². The van der Waals surface area contributed by atoms with Crippen molar-refractivity contribution in [3.63, 3.8) is 0 Å². The van der Waals surface area contributed by atoms with Gasteiger partial charge in [-0.15, -0.1) is 0 Å². The maximum Gasteiger partial charge on any atom is 0.246 e. The minimum Gasteiger partial charge on any atom is -0.338 e. The zero-order valence-corrected chi connectivity index (χ0v) is 12.2. The van der Waals surface area contributed by atoms with E-state index in [-0.39, 0.29) is 0 Å². The van der Waals surface area contributed by atoms with E-state index in [9.17, 15) is 0 Å². The minimum absolute atomic E-state index is 0.613. The van der Waals surface area contributed by atoms with Crippen molar-refractivity contribution >= 4 is 26.8 Å². The van der Waals surface area contributed by atoms with Gasteiger partial charge >= 0.3 is 0 Å². The first-order valence-electron chi connectivity index (χ1n) is 6.32. The van der Waals surface area contributed by atoms with E-state index in [1.165, 1.54) is 10.9 Å². The van der Waals surface area contributed by atoms with Gasteiger partial charge in [0.2, 0.25) is 5.89 Å². The summed E-state index contributed by atoms with van der Waals surface area (Å²) in [5.41, 5.74) is 1.17. The predicted octanol–water partition coefficient (Wildman–Crippen LogP) is 3.79. The van der Waals surface area contributed by atoms with Crippen molar-refractivity contribution in [2.24, 2.45) is 0 Å². The molecule has 0 aliphatic carbocycles. The van der Waals surface area contributed by atoms with E-state index in [1.54, 1.807) is 0 Å². The molecule has 0 aliphatic heterocycles. The second-order valence-corrected chi connectivity index (χ2v) is 5.42. The summed E-state index contributed by atoms with van der Waals surface area (Å²) in [5, 5.41) is 5.17. The number of hydrogen-bond donors (Lipinski definition) is 0. The monoisotopic (exact) mass is 319 g/mol. The highest BCUT2D eigenvalue weighted by atomic mass is 79.9. The fourth-order valence-corrected chi connectivity index (χ4v) is 2.51. The van der Waals surface area contributed by atoms with Crippen molar-refractivity contribution in [3.05, 3.63) is 46.7 Å². The number of nitrogens with zero attached hydrogens (tertiary/aromatic N) is 3. The molecule has 5 heteroatoms. The Hall–Kier alpha value is -1.62. The normalized spacial score (nSPS) is 11.3. The zero-order valence-electron chi connectivity index (χ0n) is 10.6. The molecule has 0 aliphatic rings. The highest BCUT2D eigenvalue weighted by molar-refractivity contribution is 9.10. The Bertz CT molecular complexity index is 702. The van der Waals surface area contributed by atoms with E-state index in [0.717, 1.165) is 23.1 Å². The molecule has 0 amide bonds.